The van der Waals surface area contributed by atoms with Crippen LogP contribution in [-0.4, -0.2) is 33.0 Å². The van der Waals surface area contributed by atoms with Crippen molar-refractivity contribution in [1.82, 2.24) is 15.3 Å². The lowest BCUT2D eigenvalue weighted by molar-refractivity contribution is -0.0586. The SMILES string of the molecule is Cc1[nH]nc(C(C)C)c1C(=O)ON1C(=O)c2ccccc2C1=O. The number of nitrogens with zero attached hydrogens (tertiary/aromatic N) is 2. The second-order valence-electron chi connectivity index (χ2n) is 5.59. The van der Waals surface area contributed by atoms with Gasteiger partial charge in [0.2, 0.25) is 0 Å². The Kier molecular flexibility index (Phi) is 3.48. The molecule has 0 aliphatic carbocycles. The van der Waals surface area contributed by atoms with Crippen LogP contribution in [0.15, 0.2) is 24.3 Å². The van der Waals surface area contributed by atoms with Crippen LogP contribution in [0.3, 0.4) is 0 Å². The van der Waals surface area contributed by atoms with Gasteiger partial charge in [0.05, 0.1) is 16.8 Å². The molecule has 0 bridgehead atoms. The van der Waals surface area contributed by atoms with Gasteiger partial charge in [-0.3, -0.25) is 14.7 Å². The molecule has 2 heterocycles. The monoisotopic (exact) mass is 313 g/mol. The van der Waals surface area contributed by atoms with Gasteiger partial charge in [0, 0.05) is 5.69 Å². The minimum Gasteiger partial charge on any atom is -0.324 e. The molecule has 2 aromatic rings. The summed E-state index contributed by atoms with van der Waals surface area (Å²) in [4.78, 5) is 41.9. The highest BCUT2D eigenvalue weighted by atomic mass is 16.7. The Hall–Kier alpha value is -2.96. The van der Waals surface area contributed by atoms with Crippen LogP contribution in [0.2, 0.25) is 0 Å². The average Bonchev–Trinajstić information content (AvgIpc) is 3.02. The Morgan fingerprint density at radius 3 is 2.26 bits per heavy atom. The molecule has 1 aliphatic rings. The Morgan fingerprint density at radius 2 is 1.74 bits per heavy atom. The molecule has 7 heteroatoms. The van der Waals surface area contributed by atoms with Crippen molar-refractivity contribution in [1.29, 1.82) is 0 Å². The molecule has 2 amide bonds. The van der Waals surface area contributed by atoms with Gasteiger partial charge in [-0.15, -0.1) is 0 Å². The first kappa shape index (κ1) is 15.0. The van der Waals surface area contributed by atoms with Crippen molar-refractivity contribution in [3.8, 4) is 0 Å². The molecule has 1 aliphatic heterocycles. The van der Waals surface area contributed by atoms with Crippen molar-refractivity contribution in [3.63, 3.8) is 0 Å². The standard InChI is InChI=1S/C16H15N3O4/c1-8(2)13-12(9(3)17-18-13)16(22)23-19-14(20)10-6-4-5-7-11(10)15(19)21/h4-8H,1-3H3,(H,17,18). The number of carbonyl (C=O) groups excluding carboxylic acids is 3. The van der Waals surface area contributed by atoms with E-state index >= 15 is 0 Å². The van der Waals surface area contributed by atoms with Gasteiger partial charge < -0.3 is 4.84 Å². The molecule has 0 saturated carbocycles. The number of aromatic amines is 1. The molecule has 3 rings (SSSR count). The first-order valence-electron chi connectivity index (χ1n) is 7.16. The van der Waals surface area contributed by atoms with Gasteiger partial charge >= 0.3 is 5.97 Å². The maximum absolute atomic E-state index is 12.4. The molecule has 0 saturated heterocycles. The van der Waals surface area contributed by atoms with E-state index in [2.05, 4.69) is 10.2 Å². The average molecular weight is 313 g/mol. The third kappa shape index (κ3) is 2.30. The number of rotatable bonds is 3. The number of hydrogen-bond donors (Lipinski definition) is 1. The smallest absolute Gasteiger partial charge is 0.324 e. The van der Waals surface area contributed by atoms with Crippen molar-refractivity contribution < 1.29 is 19.2 Å². The molecule has 0 unspecified atom stereocenters. The highest BCUT2D eigenvalue weighted by Crippen LogP contribution is 2.25. The first-order valence-corrected chi connectivity index (χ1v) is 7.16. The molecule has 0 fully saturated rings. The fourth-order valence-electron chi connectivity index (χ4n) is 2.50. The number of fused-ring (bicyclic) bond motifs is 1. The number of aromatic nitrogens is 2. The Balaban J connectivity index is 1.90. The van der Waals surface area contributed by atoms with E-state index in [0.29, 0.717) is 16.5 Å². The summed E-state index contributed by atoms with van der Waals surface area (Å²) in [6.45, 7) is 5.45. The van der Waals surface area contributed by atoms with Gasteiger partial charge in [-0.2, -0.15) is 5.10 Å². The van der Waals surface area contributed by atoms with Gasteiger partial charge in [-0.05, 0) is 25.0 Å². The van der Waals surface area contributed by atoms with Crippen molar-refractivity contribution in [2.24, 2.45) is 0 Å². The number of hydrogen-bond acceptors (Lipinski definition) is 5. The van der Waals surface area contributed by atoms with E-state index < -0.39 is 17.8 Å². The van der Waals surface area contributed by atoms with Gasteiger partial charge in [0.25, 0.3) is 11.8 Å². The number of H-pyrrole nitrogens is 1. The molecule has 118 valence electrons. The molecular formula is C16H15N3O4. The van der Waals surface area contributed by atoms with Crippen LogP contribution in [0.4, 0.5) is 0 Å². The van der Waals surface area contributed by atoms with Crippen molar-refractivity contribution >= 4 is 17.8 Å². The summed E-state index contributed by atoms with van der Waals surface area (Å²) in [5.41, 5.74) is 1.74. The molecule has 1 aromatic carbocycles. The van der Waals surface area contributed by atoms with Crippen molar-refractivity contribution in [3.05, 3.63) is 52.3 Å². The number of carbonyl (C=O) groups is 3. The van der Waals surface area contributed by atoms with Crippen LogP contribution < -0.4 is 0 Å². The number of aryl methyl sites for hydroxylation is 1. The molecular weight excluding hydrogens is 298 g/mol. The minimum absolute atomic E-state index is 0.00956. The summed E-state index contributed by atoms with van der Waals surface area (Å²) in [5, 5.41) is 7.30. The highest BCUT2D eigenvalue weighted by molar-refractivity contribution is 6.21. The zero-order valence-electron chi connectivity index (χ0n) is 12.9. The molecule has 0 spiro atoms. The number of imide groups is 1. The predicted octanol–water partition coefficient (Wildman–Crippen LogP) is 2.21. The predicted molar refractivity (Wildman–Crippen MR) is 79.8 cm³/mol. The summed E-state index contributed by atoms with van der Waals surface area (Å²) in [6, 6.07) is 6.33. The van der Waals surface area contributed by atoms with Gasteiger partial charge in [-0.1, -0.05) is 31.0 Å². The lowest BCUT2D eigenvalue weighted by Crippen LogP contribution is -2.33. The van der Waals surface area contributed by atoms with E-state index in [1.807, 2.05) is 13.8 Å². The van der Waals surface area contributed by atoms with E-state index in [0.717, 1.165) is 0 Å². The van der Waals surface area contributed by atoms with Gasteiger partial charge in [0.15, 0.2) is 0 Å². The maximum atomic E-state index is 12.4. The molecule has 0 radical (unpaired) electrons. The van der Waals surface area contributed by atoms with Crippen LogP contribution in [0.25, 0.3) is 0 Å². The zero-order valence-corrected chi connectivity index (χ0v) is 12.9. The third-order valence-electron chi connectivity index (χ3n) is 3.66. The zero-order chi connectivity index (χ0) is 16.7. The number of hydroxylamine groups is 2. The maximum Gasteiger partial charge on any atom is 0.367 e. The van der Waals surface area contributed by atoms with E-state index in [9.17, 15) is 14.4 Å². The fraction of sp³-hybridized carbons (Fsp3) is 0.250. The van der Waals surface area contributed by atoms with Crippen LogP contribution in [0, 0.1) is 6.92 Å². The van der Waals surface area contributed by atoms with E-state index in [4.69, 9.17) is 4.84 Å². The number of amides is 2. The Morgan fingerprint density at radius 1 is 1.17 bits per heavy atom. The largest absolute Gasteiger partial charge is 0.367 e. The number of benzene rings is 1. The molecule has 7 nitrogen and oxygen atoms in total. The lowest BCUT2D eigenvalue weighted by atomic mass is 10.0. The molecule has 0 atom stereocenters. The summed E-state index contributed by atoms with van der Waals surface area (Å²) >= 11 is 0. The summed E-state index contributed by atoms with van der Waals surface area (Å²) in [7, 11) is 0. The van der Waals surface area contributed by atoms with E-state index in [-0.39, 0.29) is 22.6 Å². The van der Waals surface area contributed by atoms with Crippen LogP contribution >= 0.6 is 0 Å². The summed E-state index contributed by atoms with van der Waals surface area (Å²) < 4.78 is 0. The third-order valence-corrected chi connectivity index (χ3v) is 3.66. The van der Waals surface area contributed by atoms with Crippen molar-refractivity contribution in [2.75, 3.05) is 0 Å². The molecule has 1 aromatic heterocycles. The second kappa shape index (κ2) is 5.35. The molecule has 1 N–H and O–H groups in total. The Bertz CT molecular complexity index is 787. The Labute approximate surface area is 132 Å². The van der Waals surface area contributed by atoms with Crippen molar-refractivity contribution in [2.45, 2.75) is 26.7 Å². The minimum atomic E-state index is -0.783. The van der Waals surface area contributed by atoms with Crippen LogP contribution in [-0.2, 0) is 4.84 Å². The van der Waals surface area contributed by atoms with Crippen LogP contribution in [0.5, 0.6) is 0 Å². The summed E-state index contributed by atoms with van der Waals surface area (Å²) in [6.07, 6.45) is 0. The number of nitrogens with one attached hydrogen (secondary N) is 1. The highest BCUT2D eigenvalue weighted by Gasteiger charge is 2.39. The lowest BCUT2D eigenvalue weighted by Gasteiger charge is -2.13. The van der Waals surface area contributed by atoms with E-state index in [1.54, 1.807) is 19.1 Å². The second-order valence-corrected chi connectivity index (χ2v) is 5.59. The quantitative estimate of drug-likeness (QED) is 0.877. The molecule has 23 heavy (non-hydrogen) atoms. The summed E-state index contributed by atoms with van der Waals surface area (Å²) in [5.74, 6) is -2.09. The topological polar surface area (TPSA) is 92.4 Å². The first-order chi connectivity index (χ1) is 10.9. The van der Waals surface area contributed by atoms with Gasteiger partial charge in [0.1, 0.15) is 5.56 Å². The van der Waals surface area contributed by atoms with E-state index in [1.165, 1.54) is 12.1 Å². The van der Waals surface area contributed by atoms with Crippen LogP contribution in [0.1, 0.15) is 62.2 Å². The fourth-order valence-corrected chi connectivity index (χ4v) is 2.50. The normalized spacial score (nSPS) is 13.7. The van der Waals surface area contributed by atoms with Gasteiger partial charge in [-0.25, -0.2) is 4.79 Å².